The van der Waals surface area contributed by atoms with Gasteiger partial charge in [0.1, 0.15) is 0 Å². The first-order chi connectivity index (χ1) is 14.0. The van der Waals surface area contributed by atoms with Crippen molar-refractivity contribution in [3.8, 4) is 0 Å². The van der Waals surface area contributed by atoms with Gasteiger partial charge in [-0.2, -0.15) is 0 Å². The molecule has 1 aliphatic rings. The molecule has 0 amide bonds. The Morgan fingerprint density at radius 2 is 1.83 bits per heavy atom. The molecule has 1 saturated heterocycles. The summed E-state index contributed by atoms with van der Waals surface area (Å²) in [5.74, 6) is 0.0801. The van der Waals surface area contributed by atoms with Crippen molar-refractivity contribution in [1.82, 2.24) is 19.0 Å². The molecule has 0 N–H and O–H groups in total. The summed E-state index contributed by atoms with van der Waals surface area (Å²) in [6.07, 6.45) is 2.81. The Labute approximate surface area is 172 Å². The second-order valence-corrected chi connectivity index (χ2v) is 7.77. The number of aryl methyl sites for hydroxylation is 1. The number of Topliss-reactive ketones (excluding diaryl/α,β-unsaturated/α-hetero) is 1. The summed E-state index contributed by atoms with van der Waals surface area (Å²) in [5, 5.41) is 0.409. The third kappa shape index (κ3) is 3.75. The maximum Gasteiger partial charge on any atom is 0.318 e. The van der Waals surface area contributed by atoms with Gasteiger partial charge in [-0.3, -0.25) is 23.9 Å². The topological polar surface area (TPSA) is 77.2 Å². The molecule has 1 aliphatic heterocycles. The first-order valence-corrected chi connectivity index (χ1v) is 9.91. The van der Waals surface area contributed by atoms with Crippen molar-refractivity contribution in [2.75, 3.05) is 19.6 Å². The molecule has 0 radical (unpaired) electrons. The predicted molar refractivity (Wildman–Crippen MR) is 112 cm³/mol. The molecule has 8 heteroatoms. The van der Waals surface area contributed by atoms with Crippen LogP contribution in [0.25, 0.3) is 11.2 Å². The van der Waals surface area contributed by atoms with Gasteiger partial charge in [0.15, 0.2) is 11.4 Å². The van der Waals surface area contributed by atoms with E-state index in [1.165, 1.54) is 15.3 Å². The zero-order chi connectivity index (χ0) is 20.5. The average Bonchev–Trinajstić information content (AvgIpc) is 2.74. The summed E-state index contributed by atoms with van der Waals surface area (Å²) in [7, 11) is 1.55. The lowest BCUT2D eigenvalue weighted by molar-refractivity contribution is 0.0898. The minimum absolute atomic E-state index is 0.0801. The Hall–Kier alpha value is -2.77. The standard InChI is InChI=1S/C21H21ClN4O3/c1-24-17-11-15(22)12-23-19(17)26(21(29)20(24)28)16-7-9-25(10-8-16)13-18(27)14-5-3-2-4-6-14/h2-6,11-12,16H,7-10,13H2,1H3. The van der Waals surface area contributed by atoms with Crippen LogP contribution in [0.4, 0.5) is 0 Å². The number of nitrogens with zero attached hydrogens (tertiary/aromatic N) is 4. The van der Waals surface area contributed by atoms with Gasteiger partial charge in [-0.05, 0) is 18.9 Å². The van der Waals surface area contributed by atoms with Crippen molar-refractivity contribution in [3.63, 3.8) is 0 Å². The van der Waals surface area contributed by atoms with Crippen molar-refractivity contribution in [1.29, 1.82) is 0 Å². The molecule has 1 fully saturated rings. The van der Waals surface area contributed by atoms with E-state index in [0.29, 0.717) is 54.2 Å². The van der Waals surface area contributed by atoms with Crippen LogP contribution in [-0.2, 0) is 7.05 Å². The van der Waals surface area contributed by atoms with Gasteiger partial charge in [0.2, 0.25) is 0 Å². The molecule has 0 bridgehead atoms. The summed E-state index contributed by atoms with van der Waals surface area (Å²) in [6.45, 7) is 1.68. The van der Waals surface area contributed by atoms with Gasteiger partial charge >= 0.3 is 11.1 Å². The SMILES string of the molecule is Cn1c(=O)c(=O)n(C2CCN(CC(=O)c3ccccc3)CC2)c2ncc(Cl)cc21. The van der Waals surface area contributed by atoms with E-state index in [4.69, 9.17) is 11.6 Å². The summed E-state index contributed by atoms with van der Waals surface area (Å²) in [6, 6.07) is 10.7. The summed E-state index contributed by atoms with van der Waals surface area (Å²) in [5.41, 5.74) is 0.519. The third-order valence-electron chi connectivity index (χ3n) is 5.50. The average molecular weight is 413 g/mol. The van der Waals surface area contributed by atoms with Gasteiger partial charge in [-0.1, -0.05) is 41.9 Å². The maximum atomic E-state index is 12.7. The number of halogens is 1. The van der Waals surface area contributed by atoms with E-state index in [1.54, 1.807) is 13.1 Å². The number of rotatable bonds is 4. The Balaban J connectivity index is 1.56. The number of pyridine rings is 1. The van der Waals surface area contributed by atoms with E-state index in [9.17, 15) is 14.4 Å². The maximum absolute atomic E-state index is 12.7. The molecule has 2 aromatic heterocycles. The van der Waals surface area contributed by atoms with Gasteiger partial charge in [0, 0.05) is 37.9 Å². The van der Waals surface area contributed by atoms with Gasteiger partial charge in [0.05, 0.1) is 17.1 Å². The lowest BCUT2D eigenvalue weighted by atomic mass is 10.0. The zero-order valence-corrected chi connectivity index (χ0v) is 16.8. The van der Waals surface area contributed by atoms with Crippen LogP contribution in [0.1, 0.15) is 29.2 Å². The van der Waals surface area contributed by atoms with E-state index in [2.05, 4.69) is 9.88 Å². The number of benzene rings is 1. The van der Waals surface area contributed by atoms with Crippen molar-refractivity contribution in [3.05, 3.63) is 73.9 Å². The second-order valence-electron chi connectivity index (χ2n) is 7.33. The van der Waals surface area contributed by atoms with E-state index < -0.39 is 11.1 Å². The number of carbonyl (C=O) groups excluding carboxylic acids is 1. The fourth-order valence-electron chi connectivity index (χ4n) is 3.90. The van der Waals surface area contributed by atoms with Gasteiger partial charge < -0.3 is 4.57 Å². The molecule has 0 aliphatic carbocycles. The molecular formula is C21H21ClN4O3. The second kappa shape index (κ2) is 7.93. The first-order valence-electron chi connectivity index (χ1n) is 9.53. The quantitative estimate of drug-likeness (QED) is 0.485. The molecule has 1 aromatic carbocycles. The number of aromatic nitrogens is 3. The third-order valence-corrected chi connectivity index (χ3v) is 5.70. The number of likely N-dealkylation sites (tertiary alicyclic amines) is 1. The van der Waals surface area contributed by atoms with Crippen LogP contribution in [0.5, 0.6) is 0 Å². The van der Waals surface area contributed by atoms with Crippen LogP contribution in [-0.4, -0.2) is 44.4 Å². The van der Waals surface area contributed by atoms with E-state index in [0.717, 1.165) is 0 Å². The molecule has 0 unspecified atom stereocenters. The molecular weight excluding hydrogens is 392 g/mol. The fraction of sp³-hybridized carbons (Fsp3) is 0.333. The molecule has 0 saturated carbocycles. The summed E-state index contributed by atoms with van der Waals surface area (Å²) < 4.78 is 2.80. The van der Waals surface area contributed by atoms with Crippen LogP contribution < -0.4 is 11.1 Å². The molecule has 4 rings (SSSR count). The highest BCUT2D eigenvalue weighted by atomic mass is 35.5. The molecule has 7 nitrogen and oxygen atoms in total. The number of piperidine rings is 1. The highest BCUT2D eigenvalue weighted by molar-refractivity contribution is 6.31. The smallest absolute Gasteiger partial charge is 0.304 e. The highest BCUT2D eigenvalue weighted by Gasteiger charge is 2.26. The van der Waals surface area contributed by atoms with Crippen molar-refractivity contribution in [2.24, 2.45) is 7.05 Å². The minimum atomic E-state index is -0.594. The summed E-state index contributed by atoms with van der Waals surface area (Å²) >= 11 is 6.04. The molecule has 0 spiro atoms. The monoisotopic (exact) mass is 412 g/mol. The Kier molecular flexibility index (Phi) is 5.34. The van der Waals surface area contributed by atoms with Crippen molar-refractivity contribution in [2.45, 2.75) is 18.9 Å². The number of ketones is 1. The van der Waals surface area contributed by atoms with Crippen LogP contribution in [0, 0.1) is 0 Å². The van der Waals surface area contributed by atoms with Gasteiger partial charge in [-0.15, -0.1) is 0 Å². The normalized spacial score (nSPS) is 15.7. The molecule has 0 atom stereocenters. The zero-order valence-electron chi connectivity index (χ0n) is 16.0. The highest BCUT2D eigenvalue weighted by Crippen LogP contribution is 2.24. The van der Waals surface area contributed by atoms with Crippen molar-refractivity contribution >= 4 is 28.5 Å². The molecule has 3 heterocycles. The Bertz CT molecular complexity index is 1180. The predicted octanol–water partition coefficient (Wildman–Crippen LogP) is 2.27. The van der Waals surface area contributed by atoms with Crippen LogP contribution in [0.2, 0.25) is 5.02 Å². The van der Waals surface area contributed by atoms with Gasteiger partial charge in [-0.25, -0.2) is 4.98 Å². The molecule has 3 aromatic rings. The van der Waals surface area contributed by atoms with Crippen LogP contribution in [0.3, 0.4) is 0 Å². The Morgan fingerprint density at radius 1 is 1.14 bits per heavy atom. The van der Waals surface area contributed by atoms with Crippen molar-refractivity contribution < 1.29 is 4.79 Å². The van der Waals surface area contributed by atoms with Gasteiger partial charge in [0.25, 0.3) is 0 Å². The fourth-order valence-corrected chi connectivity index (χ4v) is 4.05. The lowest BCUT2D eigenvalue weighted by Crippen LogP contribution is -2.45. The Morgan fingerprint density at radius 3 is 2.52 bits per heavy atom. The number of hydrogen-bond donors (Lipinski definition) is 0. The van der Waals surface area contributed by atoms with E-state index in [-0.39, 0.29) is 11.8 Å². The van der Waals surface area contributed by atoms with Crippen LogP contribution >= 0.6 is 11.6 Å². The van der Waals surface area contributed by atoms with E-state index in [1.807, 2.05) is 30.3 Å². The molecule has 150 valence electrons. The van der Waals surface area contributed by atoms with Crippen LogP contribution in [0.15, 0.2) is 52.2 Å². The first kappa shape index (κ1) is 19.5. The molecule has 29 heavy (non-hydrogen) atoms. The largest absolute Gasteiger partial charge is 0.318 e. The summed E-state index contributed by atoms with van der Waals surface area (Å²) in [4.78, 5) is 44.0. The minimum Gasteiger partial charge on any atom is -0.304 e. The number of carbonyl (C=O) groups is 1. The lowest BCUT2D eigenvalue weighted by Gasteiger charge is -2.32. The number of fused-ring (bicyclic) bond motifs is 1. The number of hydrogen-bond acceptors (Lipinski definition) is 5. The van der Waals surface area contributed by atoms with E-state index >= 15 is 0 Å².